The zero-order valence-electron chi connectivity index (χ0n) is 36.5. The lowest BCUT2D eigenvalue weighted by atomic mass is 10.1. The van der Waals surface area contributed by atoms with Crippen LogP contribution in [-0.2, 0) is 35.3 Å². The van der Waals surface area contributed by atoms with Crippen molar-refractivity contribution in [3.8, 4) is 23.3 Å². The van der Waals surface area contributed by atoms with Crippen LogP contribution in [0.5, 0.6) is 23.3 Å². The Morgan fingerprint density at radius 2 is 1.66 bits per heavy atom. The summed E-state index contributed by atoms with van der Waals surface area (Å²) in [6.45, 7) is 3.94. The molecule has 0 spiro atoms. The Kier molecular flexibility index (Phi) is 19.2. The van der Waals surface area contributed by atoms with Crippen LogP contribution in [0.2, 0.25) is 10.0 Å². The third-order valence-electron chi connectivity index (χ3n) is 8.28. The van der Waals surface area contributed by atoms with Gasteiger partial charge in [-0.1, -0.05) is 23.2 Å². The van der Waals surface area contributed by atoms with E-state index in [2.05, 4.69) is 25.3 Å². The summed E-state index contributed by atoms with van der Waals surface area (Å²) >= 11 is 12.5. The maximum atomic E-state index is 12.8. The second-order valence-corrected chi connectivity index (χ2v) is 16.7. The number of carbonyl (C=O) groups is 5. The first-order valence-electron chi connectivity index (χ1n) is 19.3. The van der Waals surface area contributed by atoms with Crippen LogP contribution >= 0.6 is 34.5 Å². The van der Waals surface area contributed by atoms with Gasteiger partial charge in [0.1, 0.15) is 43.9 Å². The van der Waals surface area contributed by atoms with Crippen LogP contribution in [0.3, 0.4) is 0 Å². The fraction of sp³-hybridized carbons (Fsp3) is 0.195. The predicted octanol–water partition coefficient (Wildman–Crippen LogP) is 7.98. The maximum Gasteiger partial charge on any atom is 0.416 e. The number of nitro groups is 1. The molecule has 2 amide bonds. The molecule has 0 aliphatic carbocycles. The van der Waals surface area contributed by atoms with Crippen molar-refractivity contribution in [2.75, 3.05) is 25.6 Å². The van der Waals surface area contributed by atoms with Crippen LogP contribution in [0.25, 0.3) is 10.9 Å². The first kappa shape index (κ1) is 55.6. The molecule has 23 nitrogen and oxygen atoms in total. The molecule has 0 saturated carbocycles. The van der Waals surface area contributed by atoms with Gasteiger partial charge in [-0.2, -0.15) is 28.1 Å². The predicted molar refractivity (Wildman–Crippen MR) is 243 cm³/mol. The molecule has 1 atom stereocenters. The number of amides is 2. The van der Waals surface area contributed by atoms with Crippen molar-refractivity contribution in [1.29, 1.82) is 0 Å². The Balaban J connectivity index is 0.000000243. The lowest BCUT2D eigenvalue weighted by molar-refractivity contribution is -0.385. The number of rotatable bonds is 15. The van der Waals surface area contributed by atoms with Crippen molar-refractivity contribution in [2.45, 2.75) is 37.9 Å². The number of aryl methyl sites for hydroxylation is 1. The SMILES string of the molecule is CCOC(=O)C(C)OC(=O)c1cc(Oc2ccc(C(F)(F)F)cc2Cl)ccc1[N+](=O)[O-].COc1nc(C)nc(NC(=O)NS(=O)(=O)c2ccsc2C(=O)O)n1.O=C(O)COc1ccc(Cl)c2cccnc12. The van der Waals surface area contributed by atoms with Crippen molar-refractivity contribution in [3.63, 3.8) is 0 Å². The monoisotopic (exact) mass is 1070 g/mol. The number of hydrogen-bond donors (Lipinski definition) is 4. The lowest BCUT2D eigenvalue weighted by Crippen LogP contribution is -2.35. The number of hydrogen-bond acceptors (Lipinski definition) is 19. The summed E-state index contributed by atoms with van der Waals surface area (Å²) in [5.74, 6) is -4.36. The van der Waals surface area contributed by atoms with E-state index >= 15 is 0 Å². The standard InChI is InChI=1S/C19H15ClF3NO7.C11H8ClNO3.C11H11N5O6S2/c1-3-29-17(25)10(2)30-18(26)13-9-12(5-6-15(13)24(27)28)31-16-7-4-11(8-14(16)20)19(21,22)23;12-8-3-4-9(16-6-10(14)15)11-7(8)2-1-5-13-11;1-5-12-9(15-11(13-5)22-2)14-10(19)16-24(20,21)6-3-4-23-7(6)8(17)18/h4-10H,3H2,1-2H3;1-5H,6H2,(H,14,15);3-4H,1-2H3,(H,17,18)(H2,12,13,14,15,16,19). The number of sulfonamides is 1. The van der Waals surface area contributed by atoms with Crippen molar-refractivity contribution in [3.05, 3.63) is 120 Å². The fourth-order valence-corrected chi connectivity index (χ4v) is 7.86. The molecule has 4 N–H and O–H groups in total. The number of carboxylic acid groups (broad SMARTS) is 2. The quantitative estimate of drug-likeness (QED) is 0.0430. The number of nitro benzene ring substituents is 1. The molecule has 0 aliphatic rings. The number of alkyl halides is 3. The largest absolute Gasteiger partial charge is 0.480 e. The normalized spacial score (nSPS) is 11.3. The second-order valence-electron chi connectivity index (χ2n) is 13.3. The zero-order chi connectivity index (χ0) is 52.8. The maximum absolute atomic E-state index is 12.8. The van der Waals surface area contributed by atoms with E-state index in [1.165, 1.54) is 26.3 Å². The Morgan fingerprint density at radius 1 is 0.958 bits per heavy atom. The number of urea groups is 1. The summed E-state index contributed by atoms with van der Waals surface area (Å²) in [5, 5.41) is 33.1. The number of ether oxygens (including phenoxy) is 5. The summed E-state index contributed by atoms with van der Waals surface area (Å²) in [4.78, 5) is 82.1. The van der Waals surface area contributed by atoms with E-state index in [1.807, 2.05) is 0 Å². The number of methoxy groups -OCH3 is 1. The van der Waals surface area contributed by atoms with Crippen LogP contribution in [0.15, 0.2) is 83.2 Å². The van der Waals surface area contributed by atoms with Gasteiger partial charge in [-0.15, -0.1) is 11.3 Å². The van der Waals surface area contributed by atoms with Gasteiger partial charge in [-0.3, -0.25) is 20.4 Å². The van der Waals surface area contributed by atoms with Crippen molar-refractivity contribution < 1.29 is 84.4 Å². The van der Waals surface area contributed by atoms with Crippen LogP contribution < -0.4 is 24.2 Å². The highest BCUT2D eigenvalue weighted by molar-refractivity contribution is 7.90. The first-order chi connectivity index (χ1) is 33.3. The van der Waals surface area contributed by atoms with Gasteiger partial charge in [0.15, 0.2) is 12.7 Å². The molecule has 0 aliphatic heterocycles. The average Bonchev–Trinajstić information content (AvgIpc) is 3.82. The summed E-state index contributed by atoms with van der Waals surface area (Å²) in [7, 11) is -3.06. The van der Waals surface area contributed by atoms with Crippen LogP contribution in [-0.4, -0.2) is 99.8 Å². The fourth-order valence-electron chi connectivity index (χ4n) is 5.26. The number of benzene rings is 3. The van der Waals surface area contributed by atoms with Crippen LogP contribution in [0, 0.1) is 17.0 Å². The number of pyridine rings is 1. The minimum atomic E-state index is -4.61. The molecule has 6 aromatic rings. The molecule has 0 fully saturated rings. The number of anilines is 1. The van der Waals surface area contributed by atoms with E-state index in [0.29, 0.717) is 22.4 Å². The lowest BCUT2D eigenvalue weighted by Gasteiger charge is -2.13. The van der Waals surface area contributed by atoms with Crippen molar-refractivity contribution >= 4 is 97.0 Å². The van der Waals surface area contributed by atoms with Gasteiger partial charge in [-0.05, 0) is 80.7 Å². The number of fused-ring (bicyclic) bond motifs is 1. The number of aromatic carboxylic acids is 1. The van der Waals surface area contributed by atoms with E-state index in [1.54, 1.807) is 42.1 Å². The molecular weight excluding hydrogens is 1040 g/mol. The van der Waals surface area contributed by atoms with E-state index in [9.17, 15) is 55.7 Å². The molecule has 0 saturated heterocycles. The molecular formula is C41H34Cl2F3N7O16S2. The Morgan fingerprint density at radius 3 is 2.28 bits per heavy atom. The number of thiophene rings is 1. The number of carboxylic acids is 2. The highest BCUT2D eigenvalue weighted by Crippen LogP contribution is 2.37. The zero-order valence-corrected chi connectivity index (χ0v) is 39.7. The van der Waals surface area contributed by atoms with E-state index in [4.69, 9.17) is 57.1 Å². The van der Waals surface area contributed by atoms with E-state index in [-0.39, 0.29) is 40.9 Å². The van der Waals surface area contributed by atoms with Crippen LogP contribution in [0.4, 0.5) is 29.6 Å². The van der Waals surface area contributed by atoms with Gasteiger partial charge in [-0.25, -0.2) is 37.1 Å². The van der Waals surface area contributed by atoms with E-state index in [0.717, 1.165) is 53.1 Å². The molecule has 71 heavy (non-hydrogen) atoms. The minimum Gasteiger partial charge on any atom is -0.480 e. The van der Waals surface area contributed by atoms with Crippen LogP contribution in [0.1, 0.15) is 45.3 Å². The van der Waals surface area contributed by atoms with Crippen molar-refractivity contribution in [2.24, 2.45) is 0 Å². The molecule has 3 aromatic carbocycles. The number of halogens is 5. The average molecular weight is 1070 g/mol. The topological polar surface area (TPSA) is 325 Å². The Hall–Kier alpha value is -7.95. The number of carbonyl (C=O) groups excluding carboxylic acids is 3. The summed E-state index contributed by atoms with van der Waals surface area (Å²) < 4.78 is 89.0. The number of aliphatic carboxylic acids is 1. The number of nitrogens with zero attached hydrogens (tertiary/aromatic N) is 5. The Labute approximate surface area is 411 Å². The van der Waals surface area contributed by atoms with Gasteiger partial charge in [0.2, 0.25) is 5.95 Å². The van der Waals surface area contributed by atoms with Gasteiger partial charge in [0.05, 0.1) is 34.2 Å². The van der Waals surface area contributed by atoms with Gasteiger partial charge >= 0.3 is 42.1 Å². The summed E-state index contributed by atoms with van der Waals surface area (Å²) in [5.41, 5.74) is -1.60. The Bertz CT molecular complexity index is 3090. The molecule has 1 unspecified atom stereocenters. The molecule has 376 valence electrons. The van der Waals surface area contributed by atoms with Crippen molar-refractivity contribution in [1.82, 2.24) is 24.7 Å². The molecule has 3 heterocycles. The minimum absolute atomic E-state index is 0.0398. The third kappa shape index (κ3) is 15.8. The smallest absolute Gasteiger partial charge is 0.416 e. The first-order valence-corrected chi connectivity index (χ1v) is 22.5. The number of esters is 2. The van der Waals surface area contributed by atoms with Gasteiger partial charge in [0.25, 0.3) is 15.7 Å². The molecule has 0 bridgehead atoms. The second kappa shape index (κ2) is 24.6. The third-order valence-corrected chi connectivity index (χ3v) is 11.3. The van der Waals surface area contributed by atoms with Gasteiger partial charge in [0, 0.05) is 23.7 Å². The molecule has 0 radical (unpaired) electrons. The molecule has 3 aromatic heterocycles. The number of aromatic nitrogens is 4. The van der Waals surface area contributed by atoms with E-state index < -0.39 is 90.3 Å². The highest BCUT2D eigenvalue weighted by atomic mass is 35.5. The number of nitrogens with one attached hydrogen (secondary N) is 2. The molecule has 30 heteroatoms. The summed E-state index contributed by atoms with van der Waals surface area (Å²) in [6, 6.07) is 12.1. The van der Waals surface area contributed by atoms with Gasteiger partial charge < -0.3 is 33.9 Å². The molecule has 6 rings (SSSR count). The highest BCUT2D eigenvalue weighted by Gasteiger charge is 2.32. The summed E-state index contributed by atoms with van der Waals surface area (Å²) in [6.07, 6.45) is -4.34.